The van der Waals surface area contributed by atoms with Crippen molar-refractivity contribution in [2.24, 2.45) is 0 Å². The Bertz CT molecular complexity index is 400. The summed E-state index contributed by atoms with van der Waals surface area (Å²) in [5, 5.41) is 0. The predicted molar refractivity (Wildman–Crippen MR) is 42.6 cm³/mol. The number of hydrogen-bond donors (Lipinski definition) is 0. The van der Waals surface area contributed by atoms with E-state index in [9.17, 15) is 70.2 Å². The molecule has 0 aromatic carbocycles. The maximum absolute atomic E-state index is 12.6. The maximum Gasteiger partial charge on any atom is 0.460 e. The average Bonchev–Trinajstić information content (AvgIpc) is 2.24. The third-order valence-corrected chi connectivity index (χ3v) is 2.29. The van der Waals surface area contributed by atoms with E-state index in [1.165, 1.54) is 0 Å². The van der Waals surface area contributed by atoms with Gasteiger partial charge in [-0.3, -0.25) is 0 Å². The number of alkyl halides is 16. The largest absolute Gasteiger partial charge is 0.460 e. The Morgan fingerprint density at radius 1 is 0.250 bits per heavy atom. The van der Waals surface area contributed by atoms with Gasteiger partial charge in [0.1, 0.15) is 0 Å². The van der Waals surface area contributed by atoms with Crippen LogP contribution in [0, 0.1) is 0 Å². The fourth-order valence-electron chi connectivity index (χ4n) is 0.948. The zero-order chi connectivity index (χ0) is 19.5. The summed E-state index contributed by atoms with van der Waals surface area (Å²) in [6.45, 7) is 0. The van der Waals surface area contributed by atoms with E-state index in [1.54, 1.807) is 0 Å². The molecule has 0 spiro atoms. The molecule has 0 rings (SSSR count). The molecule has 0 aliphatic heterocycles. The van der Waals surface area contributed by atoms with Crippen molar-refractivity contribution >= 4 is 29.6 Å². The van der Waals surface area contributed by atoms with Crippen LogP contribution >= 0.6 is 0 Å². The molecule has 0 saturated heterocycles. The van der Waals surface area contributed by atoms with Crippen LogP contribution in [-0.4, -0.2) is 71.5 Å². The minimum atomic E-state index is -8.43. The molecule has 0 fully saturated rings. The van der Waals surface area contributed by atoms with Crippen LogP contribution in [-0.2, 0) is 0 Å². The second-order valence-electron chi connectivity index (χ2n) is 3.87. The Labute approximate surface area is 142 Å². The van der Waals surface area contributed by atoms with Gasteiger partial charge in [-0.05, 0) is 0 Å². The van der Waals surface area contributed by atoms with E-state index in [1.807, 2.05) is 0 Å². The van der Waals surface area contributed by atoms with E-state index >= 15 is 0 Å². The molecule has 0 aliphatic rings. The van der Waals surface area contributed by atoms with Gasteiger partial charge in [-0.1, -0.05) is 0 Å². The van der Waals surface area contributed by atoms with Crippen LogP contribution in [0.3, 0.4) is 0 Å². The molecule has 0 aliphatic carbocycles. The SMILES string of the molecule is FC(F)(F)C(F)(F)C(F)(F)C(F)(F)C(F)(F)C(F)(F)C(F)(F)F.[Na]. The van der Waals surface area contributed by atoms with Gasteiger partial charge in [0.15, 0.2) is 0 Å². The molecule has 24 heavy (non-hydrogen) atoms. The summed E-state index contributed by atoms with van der Waals surface area (Å²) in [6, 6.07) is 0. The molecule has 141 valence electrons. The van der Waals surface area contributed by atoms with Crippen molar-refractivity contribution in [2.45, 2.75) is 42.0 Å². The zero-order valence-corrected chi connectivity index (χ0v) is 12.5. The minimum absolute atomic E-state index is 0. The van der Waals surface area contributed by atoms with Crippen LogP contribution in [0.25, 0.3) is 0 Å². The Hall–Kier alpha value is -0.120. The molecule has 0 bridgehead atoms. The first-order chi connectivity index (χ1) is 9.50. The molecule has 0 atom stereocenters. The molecular weight excluding hydrogens is 411 g/mol. The predicted octanol–water partition coefficient (Wildman–Crippen LogP) is 4.91. The Morgan fingerprint density at radius 2 is 0.375 bits per heavy atom. The first-order valence-corrected chi connectivity index (χ1v) is 4.52. The number of halogens is 16. The molecule has 17 heteroatoms. The zero-order valence-electron chi connectivity index (χ0n) is 10.5. The standard InChI is InChI=1S/C7F16.Na/c8-1(9,2(10,11)4(14,15)6(18,19)20)3(12,13)5(16,17)7(21,22)23;. The van der Waals surface area contributed by atoms with Crippen LogP contribution < -0.4 is 0 Å². The van der Waals surface area contributed by atoms with Gasteiger partial charge in [0.05, 0.1) is 0 Å². The van der Waals surface area contributed by atoms with Crippen LogP contribution in [0.2, 0.25) is 0 Å². The number of rotatable bonds is 4. The Balaban J connectivity index is 0. The van der Waals surface area contributed by atoms with Gasteiger partial charge < -0.3 is 0 Å². The van der Waals surface area contributed by atoms with Crippen molar-refractivity contribution in [3.63, 3.8) is 0 Å². The van der Waals surface area contributed by atoms with Crippen molar-refractivity contribution in [3.05, 3.63) is 0 Å². The maximum atomic E-state index is 12.6. The third kappa shape index (κ3) is 3.29. The summed E-state index contributed by atoms with van der Waals surface area (Å²) >= 11 is 0. The molecule has 0 amide bonds. The van der Waals surface area contributed by atoms with E-state index in [2.05, 4.69) is 0 Å². The summed E-state index contributed by atoms with van der Waals surface area (Å²) in [7, 11) is 0. The second-order valence-corrected chi connectivity index (χ2v) is 3.87. The monoisotopic (exact) mass is 411 g/mol. The number of hydrogen-bond acceptors (Lipinski definition) is 0. The fourth-order valence-corrected chi connectivity index (χ4v) is 0.948. The second kappa shape index (κ2) is 6.25. The van der Waals surface area contributed by atoms with Gasteiger partial charge >= 0.3 is 42.0 Å². The van der Waals surface area contributed by atoms with Crippen molar-refractivity contribution in [3.8, 4) is 0 Å². The molecule has 0 aromatic rings. The van der Waals surface area contributed by atoms with E-state index in [0.29, 0.717) is 0 Å². The molecule has 0 heterocycles. The first kappa shape index (κ1) is 26.1. The molecule has 1 radical (unpaired) electrons. The van der Waals surface area contributed by atoms with Crippen molar-refractivity contribution in [1.29, 1.82) is 0 Å². The first-order valence-electron chi connectivity index (χ1n) is 4.52. The van der Waals surface area contributed by atoms with Crippen LogP contribution in [0.1, 0.15) is 0 Å². The average molecular weight is 411 g/mol. The Kier molecular flexibility index (Phi) is 6.79. The van der Waals surface area contributed by atoms with Gasteiger partial charge in [-0.25, -0.2) is 0 Å². The quantitative estimate of drug-likeness (QED) is 0.456. The van der Waals surface area contributed by atoms with Gasteiger partial charge in [0.2, 0.25) is 0 Å². The summed E-state index contributed by atoms with van der Waals surface area (Å²) in [4.78, 5) is 0. The third-order valence-electron chi connectivity index (χ3n) is 2.29. The van der Waals surface area contributed by atoms with Gasteiger partial charge in [-0.2, -0.15) is 70.2 Å². The van der Waals surface area contributed by atoms with E-state index in [0.717, 1.165) is 0 Å². The normalized spacial score (nSPS) is 16.0. The summed E-state index contributed by atoms with van der Waals surface area (Å²) in [6.07, 6.45) is -15.3. The summed E-state index contributed by atoms with van der Waals surface area (Å²) < 4.78 is 193. The fraction of sp³-hybridized carbons (Fsp3) is 1.00. The van der Waals surface area contributed by atoms with E-state index in [4.69, 9.17) is 0 Å². The summed E-state index contributed by atoms with van der Waals surface area (Å²) in [5.74, 6) is -41.2. The molecular formula is C7F16Na. The van der Waals surface area contributed by atoms with E-state index in [-0.39, 0.29) is 29.6 Å². The topological polar surface area (TPSA) is 0 Å². The summed E-state index contributed by atoms with van der Waals surface area (Å²) in [5.41, 5.74) is 0. The van der Waals surface area contributed by atoms with E-state index < -0.39 is 42.0 Å². The van der Waals surface area contributed by atoms with Crippen molar-refractivity contribution in [2.75, 3.05) is 0 Å². The van der Waals surface area contributed by atoms with Crippen molar-refractivity contribution < 1.29 is 70.2 Å². The van der Waals surface area contributed by atoms with Gasteiger partial charge in [-0.15, -0.1) is 0 Å². The minimum Gasteiger partial charge on any atom is -0.192 e. The van der Waals surface area contributed by atoms with Crippen LogP contribution in [0.4, 0.5) is 70.2 Å². The van der Waals surface area contributed by atoms with Crippen LogP contribution in [0.5, 0.6) is 0 Å². The molecule has 0 unspecified atom stereocenters. The van der Waals surface area contributed by atoms with Gasteiger partial charge in [0, 0.05) is 29.6 Å². The van der Waals surface area contributed by atoms with Gasteiger partial charge in [0.25, 0.3) is 0 Å². The van der Waals surface area contributed by atoms with Crippen LogP contribution in [0.15, 0.2) is 0 Å². The molecule has 0 aromatic heterocycles. The molecule has 0 saturated carbocycles. The molecule has 0 N–H and O–H groups in total. The smallest absolute Gasteiger partial charge is 0.192 e. The van der Waals surface area contributed by atoms with Crippen molar-refractivity contribution in [1.82, 2.24) is 0 Å². The Morgan fingerprint density at radius 3 is 0.500 bits per heavy atom. The molecule has 0 nitrogen and oxygen atoms in total.